The van der Waals surface area contributed by atoms with Crippen molar-refractivity contribution < 1.29 is 14.3 Å². The number of benzene rings is 2. The lowest BCUT2D eigenvalue weighted by atomic mass is 10.1. The van der Waals surface area contributed by atoms with Crippen molar-refractivity contribution in [3.05, 3.63) is 52.0 Å². The van der Waals surface area contributed by atoms with E-state index < -0.39 is 0 Å². The molecule has 2 rings (SSSR count). The number of hydrogen-bond acceptors (Lipinski definition) is 3. The zero-order chi connectivity index (χ0) is 18.9. The molecule has 0 aliphatic rings. The standard InChI is InChI=1S/C21H26BrNO3/c1-4-5-6-15-7-10-17(11-8-15)23-21(24)12-9-16-13-19(25-2)20(26-3)14-18(16)22/h7-8,10-11,13-14H,4-6,9,12H2,1-3H3,(H,23,24). The van der Waals surface area contributed by atoms with Gasteiger partial charge in [0.15, 0.2) is 11.5 Å². The minimum Gasteiger partial charge on any atom is -0.493 e. The maximum atomic E-state index is 12.2. The molecule has 0 aliphatic heterocycles. The summed E-state index contributed by atoms with van der Waals surface area (Å²) < 4.78 is 11.5. The Morgan fingerprint density at radius 2 is 1.69 bits per heavy atom. The molecule has 0 aromatic heterocycles. The highest BCUT2D eigenvalue weighted by Gasteiger charge is 2.11. The van der Waals surface area contributed by atoms with E-state index in [0.29, 0.717) is 24.3 Å². The van der Waals surface area contributed by atoms with Gasteiger partial charge in [0.1, 0.15) is 0 Å². The number of methoxy groups -OCH3 is 2. The summed E-state index contributed by atoms with van der Waals surface area (Å²) >= 11 is 3.53. The smallest absolute Gasteiger partial charge is 0.224 e. The number of amides is 1. The van der Waals surface area contributed by atoms with Crippen molar-refractivity contribution in [3.63, 3.8) is 0 Å². The molecule has 0 atom stereocenters. The molecule has 0 saturated heterocycles. The van der Waals surface area contributed by atoms with Crippen LogP contribution >= 0.6 is 15.9 Å². The van der Waals surface area contributed by atoms with Crippen LogP contribution in [0.4, 0.5) is 5.69 Å². The van der Waals surface area contributed by atoms with E-state index in [2.05, 4.69) is 40.3 Å². The van der Waals surface area contributed by atoms with Gasteiger partial charge in [-0.3, -0.25) is 4.79 Å². The van der Waals surface area contributed by atoms with Gasteiger partial charge in [0.05, 0.1) is 14.2 Å². The van der Waals surface area contributed by atoms with E-state index >= 15 is 0 Å². The van der Waals surface area contributed by atoms with Crippen LogP contribution in [0.3, 0.4) is 0 Å². The van der Waals surface area contributed by atoms with Crippen molar-refractivity contribution in [1.29, 1.82) is 0 Å². The maximum absolute atomic E-state index is 12.2. The molecule has 4 nitrogen and oxygen atoms in total. The van der Waals surface area contributed by atoms with Gasteiger partial charge in [-0.2, -0.15) is 0 Å². The first kappa shape index (κ1) is 20.3. The lowest BCUT2D eigenvalue weighted by molar-refractivity contribution is -0.116. The molecule has 0 saturated carbocycles. The Hall–Kier alpha value is -2.01. The summed E-state index contributed by atoms with van der Waals surface area (Å²) in [4.78, 5) is 12.2. The molecule has 140 valence electrons. The van der Waals surface area contributed by atoms with E-state index in [9.17, 15) is 4.79 Å². The summed E-state index contributed by atoms with van der Waals surface area (Å²) in [5, 5.41) is 2.96. The fraction of sp³-hybridized carbons (Fsp3) is 0.381. The van der Waals surface area contributed by atoms with Crippen molar-refractivity contribution in [2.75, 3.05) is 19.5 Å². The van der Waals surface area contributed by atoms with Gasteiger partial charge in [-0.1, -0.05) is 41.4 Å². The van der Waals surface area contributed by atoms with Gasteiger partial charge in [-0.25, -0.2) is 0 Å². The molecule has 1 amide bonds. The van der Waals surface area contributed by atoms with Crippen molar-refractivity contribution in [1.82, 2.24) is 0 Å². The van der Waals surface area contributed by atoms with Crippen molar-refractivity contribution in [2.24, 2.45) is 0 Å². The number of nitrogens with one attached hydrogen (secondary N) is 1. The average molecular weight is 420 g/mol. The van der Waals surface area contributed by atoms with Gasteiger partial charge in [-0.15, -0.1) is 0 Å². The molecule has 0 spiro atoms. The molecule has 0 radical (unpaired) electrons. The van der Waals surface area contributed by atoms with E-state index in [1.807, 2.05) is 24.3 Å². The van der Waals surface area contributed by atoms with Gasteiger partial charge >= 0.3 is 0 Å². The predicted molar refractivity (Wildman–Crippen MR) is 109 cm³/mol. The lowest BCUT2D eigenvalue weighted by Crippen LogP contribution is -2.12. The number of anilines is 1. The molecule has 2 aromatic carbocycles. The number of halogens is 1. The summed E-state index contributed by atoms with van der Waals surface area (Å²) in [5.41, 5.74) is 3.15. The summed E-state index contributed by atoms with van der Waals surface area (Å²) in [5.74, 6) is 1.32. The van der Waals surface area contributed by atoms with Crippen LogP contribution in [-0.2, 0) is 17.6 Å². The number of unbranched alkanes of at least 4 members (excludes halogenated alkanes) is 1. The van der Waals surface area contributed by atoms with Crippen LogP contribution in [-0.4, -0.2) is 20.1 Å². The molecule has 0 heterocycles. The topological polar surface area (TPSA) is 47.6 Å². The highest BCUT2D eigenvalue weighted by atomic mass is 79.9. The molecule has 0 fully saturated rings. The summed E-state index contributed by atoms with van der Waals surface area (Å²) in [6.07, 6.45) is 4.46. The van der Waals surface area contributed by atoms with E-state index in [-0.39, 0.29) is 5.91 Å². The number of rotatable bonds is 9. The minimum absolute atomic E-state index is 0.00649. The van der Waals surface area contributed by atoms with Crippen LogP contribution < -0.4 is 14.8 Å². The number of ether oxygens (including phenoxy) is 2. The molecule has 1 N–H and O–H groups in total. The second kappa shape index (κ2) is 10.2. The average Bonchev–Trinajstić information content (AvgIpc) is 2.66. The largest absolute Gasteiger partial charge is 0.493 e. The van der Waals surface area contributed by atoms with Crippen LogP contribution in [0.15, 0.2) is 40.9 Å². The highest BCUT2D eigenvalue weighted by molar-refractivity contribution is 9.10. The molecular formula is C21H26BrNO3. The van der Waals surface area contributed by atoms with Crippen molar-refractivity contribution in [3.8, 4) is 11.5 Å². The monoisotopic (exact) mass is 419 g/mol. The summed E-state index contributed by atoms with van der Waals surface area (Å²) in [7, 11) is 3.21. The van der Waals surface area contributed by atoms with E-state index in [0.717, 1.165) is 22.1 Å². The Labute approximate surface area is 164 Å². The Morgan fingerprint density at radius 3 is 2.31 bits per heavy atom. The number of carbonyl (C=O) groups excluding carboxylic acids is 1. The second-order valence-corrected chi connectivity index (χ2v) is 7.00. The zero-order valence-electron chi connectivity index (χ0n) is 15.6. The molecule has 0 aliphatic carbocycles. The maximum Gasteiger partial charge on any atom is 0.224 e. The first-order valence-electron chi connectivity index (χ1n) is 8.86. The van der Waals surface area contributed by atoms with Gasteiger partial charge < -0.3 is 14.8 Å². The molecule has 5 heteroatoms. The van der Waals surface area contributed by atoms with Gasteiger partial charge in [0, 0.05) is 16.6 Å². The molecule has 26 heavy (non-hydrogen) atoms. The number of aryl methyl sites for hydroxylation is 2. The van der Waals surface area contributed by atoms with Crippen LogP contribution in [0.1, 0.15) is 37.3 Å². The molecule has 0 unspecified atom stereocenters. The van der Waals surface area contributed by atoms with E-state index in [1.165, 1.54) is 18.4 Å². The normalized spacial score (nSPS) is 10.5. The number of carbonyl (C=O) groups is 1. The fourth-order valence-corrected chi connectivity index (χ4v) is 3.22. The van der Waals surface area contributed by atoms with Crippen LogP contribution in [0.25, 0.3) is 0 Å². The van der Waals surface area contributed by atoms with Gasteiger partial charge in [-0.05, 0) is 54.7 Å². The Bertz CT molecular complexity index is 729. The molecular weight excluding hydrogens is 394 g/mol. The Balaban J connectivity index is 1.92. The zero-order valence-corrected chi connectivity index (χ0v) is 17.2. The quantitative estimate of drug-likeness (QED) is 0.593. The third-order valence-electron chi connectivity index (χ3n) is 4.23. The Kier molecular flexibility index (Phi) is 7.98. The fourth-order valence-electron chi connectivity index (χ4n) is 2.70. The van der Waals surface area contributed by atoms with Gasteiger partial charge in [0.25, 0.3) is 0 Å². The third-order valence-corrected chi connectivity index (χ3v) is 4.97. The third kappa shape index (κ3) is 5.77. The molecule has 0 bridgehead atoms. The van der Waals surface area contributed by atoms with Crippen LogP contribution in [0, 0.1) is 0 Å². The van der Waals surface area contributed by atoms with E-state index in [4.69, 9.17) is 9.47 Å². The van der Waals surface area contributed by atoms with Crippen LogP contribution in [0.5, 0.6) is 11.5 Å². The van der Waals surface area contributed by atoms with Crippen LogP contribution in [0.2, 0.25) is 0 Å². The predicted octanol–water partition coefficient (Wildman–Crippen LogP) is 5.38. The first-order chi connectivity index (χ1) is 12.6. The SMILES string of the molecule is CCCCc1ccc(NC(=O)CCc2cc(OC)c(OC)cc2Br)cc1. The second-order valence-electron chi connectivity index (χ2n) is 6.15. The minimum atomic E-state index is -0.00649. The lowest BCUT2D eigenvalue weighted by Gasteiger charge is -2.12. The highest BCUT2D eigenvalue weighted by Crippen LogP contribution is 2.33. The summed E-state index contributed by atoms with van der Waals surface area (Å²) in [6.45, 7) is 2.19. The summed E-state index contributed by atoms with van der Waals surface area (Å²) in [6, 6.07) is 11.9. The molecule has 2 aromatic rings. The van der Waals surface area contributed by atoms with Crippen molar-refractivity contribution >= 4 is 27.5 Å². The van der Waals surface area contributed by atoms with Crippen molar-refractivity contribution in [2.45, 2.75) is 39.0 Å². The first-order valence-corrected chi connectivity index (χ1v) is 9.65. The van der Waals surface area contributed by atoms with Gasteiger partial charge in [0.2, 0.25) is 5.91 Å². The van der Waals surface area contributed by atoms with E-state index in [1.54, 1.807) is 14.2 Å². The Morgan fingerprint density at radius 1 is 1.04 bits per heavy atom. The number of hydrogen-bond donors (Lipinski definition) is 1.